The number of rotatable bonds is 5. The second-order valence-electron chi connectivity index (χ2n) is 3.86. The molecule has 0 saturated carbocycles. The lowest BCUT2D eigenvalue weighted by Gasteiger charge is -2.12. The first-order valence-electron chi connectivity index (χ1n) is 4.84. The van der Waals surface area contributed by atoms with Crippen LogP contribution in [0.25, 0.3) is 0 Å². The number of oxazole rings is 1. The predicted octanol–water partition coefficient (Wildman–Crippen LogP) is 2.19. The summed E-state index contributed by atoms with van der Waals surface area (Å²) in [4.78, 5) is 14.2. The molecule has 0 aliphatic carbocycles. The Labute approximate surface area is 88.1 Å². The summed E-state index contributed by atoms with van der Waals surface area (Å²) >= 11 is 0. The quantitative estimate of drug-likeness (QED) is 0.811. The van der Waals surface area contributed by atoms with Crippen LogP contribution in [0.5, 0.6) is 6.08 Å². The number of ether oxygens (including phenoxy) is 1. The van der Waals surface area contributed by atoms with Crippen molar-refractivity contribution in [1.82, 2.24) is 4.98 Å². The number of carboxylic acids is 1. The minimum Gasteiger partial charge on any atom is -0.476 e. The summed E-state index contributed by atoms with van der Waals surface area (Å²) in [6.07, 6.45) is 1.91. The van der Waals surface area contributed by atoms with E-state index in [0.29, 0.717) is 5.92 Å². The molecule has 5 heteroatoms. The van der Waals surface area contributed by atoms with Gasteiger partial charge in [-0.05, 0) is 19.3 Å². The molecule has 0 aromatic carbocycles. The van der Waals surface area contributed by atoms with Crippen molar-refractivity contribution in [3.63, 3.8) is 0 Å². The lowest BCUT2D eigenvalue weighted by molar-refractivity contribution is 0.0689. The Morgan fingerprint density at radius 2 is 2.27 bits per heavy atom. The number of carbonyl (C=O) groups is 1. The zero-order chi connectivity index (χ0) is 11.4. The molecule has 0 fully saturated rings. The van der Waals surface area contributed by atoms with E-state index >= 15 is 0 Å². The molecule has 1 rings (SSSR count). The van der Waals surface area contributed by atoms with Gasteiger partial charge in [-0.1, -0.05) is 13.8 Å². The molecular weight excluding hydrogens is 198 g/mol. The zero-order valence-electron chi connectivity index (χ0n) is 9.06. The van der Waals surface area contributed by atoms with Crippen molar-refractivity contribution in [2.75, 3.05) is 0 Å². The first kappa shape index (κ1) is 11.6. The van der Waals surface area contributed by atoms with E-state index in [1.165, 1.54) is 0 Å². The highest BCUT2D eigenvalue weighted by Gasteiger charge is 2.14. The smallest absolute Gasteiger partial charge is 0.394 e. The molecule has 0 saturated heterocycles. The molecule has 1 unspecified atom stereocenters. The molecule has 1 aromatic heterocycles. The molecule has 0 aliphatic rings. The van der Waals surface area contributed by atoms with Crippen LogP contribution in [-0.2, 0) is 0 Å². The monoisotopic (exact) mass is 213 g/mol. The van der Waals surface area contributed by atoms with E-state index in [-0.39, 0.29) is 17.9 Å². The molecular formula is C10H15NO4. The van der Waals surface area contributed by atoms with Crippen LogP contribution in [0.15, 0.2) is 10.7 Å². The van der Waals surface area contributed by atoms with Gasteiger partial charge < -0.3 is 14.3 Å². The first-order valence-corrected chi connectivity index (χ1v) is 4.84. The van der Waals surface area contributed by atoms with E-state index < -0.39 is 5.97 Å². The summed E-state index contributed by atoms with van der Waals surface area (Å²) in [6.45, 7) is 6.06. The second kappa shape index (κ2) is 4.82. The molecule has 0 bridgehead atoms. The van der Waals surface area contributed by atoms with Crippen molar-refractivity contribution >= 4 is 5.97 Å². The Morgan fingerprint density at radius 3 is 2.73 bits per heavy atom. The lowest BCUT2D eigenvalue weighted by atomic mass is 10.1. The summed E-state index contributed by atoms with van der Waals surface area (Å²) in [7, 11) is 0. The molecule has 1 N–H and O–H groups in total. The van der Waals surface area contributed by atoms with Crippen LogP contribution in [0.3, 0.4) is 0 Å². The van der Waals surface area contributed by atoms with Crippen molar-refractivity contribution in [3.05, 3.63) is 12.0 Å². The van der Waals surface area contributed by atoms with Gasteiger partial charge in [0.05, 0.1) is 0 Å². The Morgan fingerprint density at radius 1 is 1.60 bits per heavy atom. The number of hydrogen-bond acceptors (Lipinski definition) is 4. The van der Waals surface area contributed by atoms with Gasteiger partial charge in [0.25, 0.3) is 0 Å². The Bertz CT molecular complexity index is 332. The van der Waals surface area contributed by atoms with Crippen LogP contribution in [0.2, 0.25) is 0 Å². The third-order valence-corrected chi connectivity index (χ3v) is 1.81. The van der Waals surface area contributed by atoms with Gasteiger partial charge in [0.2, 0.25) is 0 Å². The Balaban J connectivity index is 2.53. The fourth-order valence-corrected chi connectivity index (χ4v) is 1.29. The van der Waals surface area contributed by atoms with E-state index in [1.807, 2.05) is 6.92 Å². The maximum atomic E-state index is 10.5. The summed E-state index contributed by atoms with van der Waals surface area (Å²) in [5, 5.41) is 8.60. The highest BCUT2D eigenvalue weighted by molar-refractivity contribution is 5.84. The fourth-order valence-electron chi connectivity index (χ4n) is 1.29. The molecule has 1 atom stereocenters. The average molecular weight is 213 g/mol. The van der Waals surface area contributed by atoms with Crippen molar-refractivity contribution in [1.29, 1.82) is 0 Å². The van der Waals surface area contributed by atoms with Crippen molar-refractivity contribution in [3.8, 4) is 6.08 Å². The summed E-state index contributed by atoms with van der Waals surface area (Å²) in [6, 6.07) is 0. The van der Waals surface area contributed by atoms with Gasteiger partial charge >= 0.3 is 12.0 Å². The molecule has 15 heavy (non-hydrogen) atoms. The predicted molar refractivity (Wildman–Crippen MR) is 53.0 cm³/mol. The van der Waals surface area contributed by atoms with Gasteiger partial charge in [-0.25, -0.2) is 4.79 Å². The summed E-state index contributed by atoms with van der Waals surface area (Å²) < 4.78 is 10.2. The van der Waals surface area contributed by atoms with Crippen molar-refractivity contribution in [2.24, 2.45) is 5.92 Å². The van der Waals surface area contributed by atoms with E-state index in [2.05, 4.69) is 18.8 Å². The van der Waals surface area contributed by atoms with E-state index in [4.69, 9.17) is 14.3 Å². The number of aromatic nitrogens is 1. The number of aromatic carboxylic acids is 1. The fraction of sp³-hybridized carbons (Fsp3) is 0.600. The van der Waals surface area contributed by atoms with E-state index in [9.17, 15) is 4.79 Å². The average Bonchev–Trinajstić information content (AvgIpc) is 2.50. The molecule has 1 heterocycles. The summed E-state index contributed by atoms with van der Waals surface area (Å²) in [5.41, 5.74) is -0.137. The highest BCUT2D eigenvalue weighted by atomic mass is 16.6. The maximum absolute atomic E-state index is 10.5. The second-order valence-corrected chi connectivity index (χ2v) is 3.86. The number of hydrogen-bond donors (Lipinski definition) is 1. The third-order valence-electron chi connectivity index (χ3n) is 1.81. The third kappa shape index (κ3) is 3.61. The minimum absolute atomic E-state index is 0.0144. The van der Waals surface area contributed by atoms with Gasteiger partial charge in [0, 0.05) is 0 Å². The van der Waals surface area contributed by atoms with Gasteiger partial charge in [-0.2, -0.15) is 4.98 Å². The van der Waals surface area contributed by atoms with Crippen LogP contribution in [-0.4, -0.2) is 22.2 Å². The topological polar surface area (TPSA) is 72.6 Å². The minimum atomic E-state index is -1.12. The number of nitrogens with zero attached hydrogens (tertiary/aromatic N) is 1. The molecule has 0 aliphatic heterocycles. The summed E-state index contributed by atoms with van der Waals surface area (Å²) in [5.74, 6) is -0.612. The van der Waals surface area contributed by atoms with Crippen molar-refractivity contribution < 1.29 is 19.1 Å². The SMILES string of the molecule is CC(C)CC(C)Oc1nc(C(=O)O)co1. The normalized spacial score (nSPS) is 12.8. The molecule has 5 nitrogen and oxygen atoms in total. The van der Waals surface area contributed by atoms with E-state index in [1.54, 1.807) is 0 Å². The molecule has 84 valence electrons. The van der Waals surface area contributed by atoms with Crippen LogP contribution < -0.4 is 4.74 Å². The van der Waals surface area contributed by atoms with Gasteiger partial charge in [-0.15, -0.1) is 0 Å². The van der Waals surface area contributed by atoms with Crippen LogP contribution in [0, 0.1) is 5.92 Å². The Hall–Kier alpha value is -1.52. The molecule has 0 radical (unpaired) electrons. The molecule has 0 spiro atoms. The van der Waals surface area contributed by atoms with Gasteiger partial charge in [0.1, 0.15) is 12.4 Å². The van der Waals surface area contributed by atoms with Crippen LogP contribution in [0.1, 0.15) is 37.7 Å². The molecule has 0 amide bonds. The number of carboxylic acid groups (broad SMARTS) is 1. The standard InChI is InChI=1S/C10H15NO4/c1-6(2)4-7(3)15-10-11-8(5-14-10)9(12)13/h5-7H,4H2,1-3H3,(H,12,13). The first-order chi connectivity index (χ1) is 6.99. The van der Waals surface area contributed by atoms with Crippen molar-refractivity contribution in [2.45, 2.75) is 33.3 Å². The van der Waals surface area contributed by atoms with Crippen LogP contribution in [0.4, 0.5) is 0 Å². The molecule has 1 aromatic rings. The van der Waals surface area contributed by atoms with Gasteiger partial charge in [0.15, 0.2) is 5.69 Å². The van der Waals surface area contributed by atoms with E-state index in [0.717, 1.165) is 12.7 Å². The maximum Gasteiger partial charge on any atom is 0.394 e. The lowest BCUT2D eigenvalue weighted by Crippen LogP contribution is -2.14. The highest BCUT2D eigenvalue weighted by Crippen LogP contribution is 2.15. The Kier molecular flexibility index (Phi) is 3.71. The van der Waals surface area contributed by atoms with Gasteiger partial charge in [-0.3, -0.25) is 0 Å². The van der Waals surface area contributed by atoms with Crippen LogP contribution >= 0.6 is 0 Å². The largest absolute Gasteiger partial charge is 0.476 e. The zero-order valence-corrected chi connectivity index (χ0v) is 9.06.